The van der Waals surface area contributed by atoms with Crippen LogP contribution in [0.15, 0.2) is 6.20 Å². The quantitative estimate of drug-likeness (QED) is 0.696. The molecule has 2 rings (SSSR count). The average molecular weight is 222 g/mol. The van der Waals surface area contributed by atoms with Gasteiger partial charge in [0.1, 0.15) is 5.69 Å². The maximum absolute atomic E-state index is 10.5. The second-order valence-corrected chi connectivity index (χ2v) is 4.32. The minimum atomic E-state index is 0.417. The third-order valence-corrected chi connectivity index (χ3v) is 3.08. The van der Waals surface area contributed by atoms with E-state index < -0.39 is 0 Å². The first-order chi connectivity index (χ1) is 7.83. The van der Waals surface area contributed by atoms with E-state index in [4.69, 9.17) is 0 Å². The van der Waals surface area contributed by atoms with E-state index in [1.54, 1.807) is 10.9 Å². The van der Waals surface area contributed by atoms with Crippen molar-refractivity contribution in [3.05, 3.63) is 11.9 Å². The molecule has 0 spiro atoms. The summed E-state index contributed by atoms with van der Waals surface area (Å²) in [4.78, 5) is 13.0. The van der Waals surface area contributed by atoms with Crippen LogP contribution in [0.1, 0.15) is 36.7 Å². The molecule has 1 aromatic rings. The van der Waals surface area contributed by atoms with Crippen molar-refractivity contribution in [1.29, 1.82) is 0 Å². The highest BCUT2D eigenvalue weighted by atomic mass is 16.1. The molecule has 5 nitrogen and oxygen atoms in total. The number of aromatic nitrogens is 3. The largest absolute Gasteiger partial charge is 0.299 e. The molecular formula is C11H18N4O. The summed E-state index contributed by atoms with van der Waals surface area (Å²) < 4.78 is 1.78. The summed E-state index contributed by atoms with van der Waals surface area (Å²) in [5, 5.41) is 7.73. The predicted octanol–water partition coefficient (Wildman–Crippen LogP) is 0.965. The van der Waals surface area contributed by atoms with E-state index in [0.717, 1.165) is 19.4 Å². The smallest absolute Gasteiger partial charge is 0.171 e. The SMILES string of the molecule is CCCN1CCC[C@@H]1Cn1cc(C=O)nn1. The molecule has 1 atom stereocenters. The number of carbonyl (C=O) groups excluding carboxylic acids is 1. The molecule has 0 radical (unpaired) electrons. The minimum Gasteiger partial charge on any atom is -0.299 e. The number of aldehydes is 1. The Morgan fingerprint density at radius 3 is 3.19 bits per heavy atom. The Morgan fingerprint density at radius 2 is 2.50 bits per heavy atom. The highest BCUT2D eigenvalue weighted by Gasteiger charge is 2.24. The van der Waals surface area contributed by atoms with Crippen molar-refractivity contribution in [1.82, 2.24) is 19.9 Å². The van der Waals surface area contributed by atoms with Crippen LogP contribution in [-0.4, -0.2) is 45.3 Å². The van der Waals surface area contributed by atoms with Crippen LogP contribution in [0.25, 0.3) is 0 Å². The molecule has 0 amide bonds. The monoisotopic (exact) mass is 222 g/mol. The summed E-state index contributed by atoms with van der Waals surface area (Å²) in [6.07, 6.45) is 6.13. The van der Waals surface area contributed by atoms with Gasteiger partial charge in [-0.3, -0.25) is 14.4 Å². The van der Waals surface area contributed by atoms with Gasteiger partial charge in [-0.05, 0) is 32.4 Å². The maximum Gasteiger partial charge on any atom is 0.171 e. The topological polar surface area (TPSA) is 51.0 Å². The Kier molecular flexibility index (Phi) is 3.66. The van der Waals surface area contributed by atoms with Gasteiger partial charge in [0, 0.05) is 6.04 Å². The second-order valence-electron chi connectivity index (χ2n) is 4.32. The van der Waals surface area contributed by atoms with E-state index in [9.17, 15) is 4.79 Å². The zero-order valence-corrected chi connectivity index (χ0v) is 9.67. The zero-order valence-electron chi connectivity index (χ0n) is 9.67. The van der Waals surface area contributed by atoms with E-state index >= 15 is 0 Å². The molecule has 0 aromatic carbocycles. The molecule has 1 aromatic heterocycles. The third-order valence-electron chi connectivity index (χ3n) is 3.08. The predicted molar refractivity (Wildman–Crippen MR) is 60.3 cm³/mol. The van der Waals surface area contributed by atoms with Crippen molar-refractivity contribution in [2.45, 2.75) is 38.8 Å². The summed E-state index contributed by atoms with van der Waals surface area (Å²) >= 11 is 0. The maximum atomic E-state index is 10.5. The summed E-state index contributed by atoms with van der Waals surface area (Å²) in [7, 11) is 0. The van der Waals surface area contributed by atoms with E-state index in [1.807, 2.05) is 0 Å². The Bertz CT molecular complexity index is 350. The standard InChI is InChI=1S/C11H18N4O/c1-2-5-14-6-3-4-11(14)8-15-7-10(9-16)12-13-15/h7,9,11H,2-6,8H2,1H3/t11-/m1/s1. The molecule has 0 aliphatic carbocycles. The van der Waals surface area contributed by atoms with Crippen LogP contribution < -0.4 is 0 Å². The third kappa shape index (κ3) is 2.47. The van der Waals surface area contributed by atoms with Crippen molar-refractivity contribution in [2.75, 3.05) is 13.1 Å². The molecule has 1 saturated heterocycles. The van der Waals surface area contributed by atoms with Gasteiger partial charge in [0.25, 0.3) is 0 Å². The van der Waals surface area contributed by atoms with E-state index in [2.05, 4.69) is 22.1 Å². The Hall–Kier alpha value is -1.23. The van der Waals surface area contributed by atoms with Crippen molar-refractivity contribution in [3.63, 3.8) is 0 Å². The molecule has 0 unspecified atom stereocenters. The van der Waals surface area contributed by atoms with Crippen molar-refractivity contribution < 1.29 is 4.79 Å². The van der Waals surface area contributed by atoms with Gasteiger partial charge in [-0.25, -0.2) is 0 Å². The Morgan fingerprint density at radius 1 is 1.62 bits per heavy atom. The van der Waals surface area contributed by atoms with Crippen molar-refractivity contribution in [2.24, 2.45) is 0 Å². The fourth-order valence-electron chi connectivity index (χ4n) is 2.36. The number of nitrogens with zero attached hydrogens (tertiary/aromatic N) is 4. The fourth-order valence-corrected chi connectivity index (χ4v) is 2.36. The Labute approximate surface area is 95.4 Å². The Balaban J connectivity index is 1.95. The number of carbonyl (C=O) groups is 1. The molecule has 1 fully saturated rings. The highest BCUT2D eigenvalue weighted by molar-refractivity contribution is 5.70. The van der Waals surface area contributed by atoms with Crippen LogP contribution in [0.4, 0.5) is 0 Å². The van der Waals surface area contributed by atoms with Crippen molar-refractivity contribution in [3.8, 4) is 0 Å². The lowest BCUT2D eigenvalue weighted by Crippen LogP contribution is -2.33. The molecule has 0 bridgehead atoms. The van der Waals surface area contributed by atoms with Gasteiger partial charge < -0.3 is 0 Å². The molecular weight excluding hydrogens is 204 g/mol. The molecule has 0 saturated carbocycles. The first kappa shape index (κ1) is 11.3. The lowest BCUT2D eigenvalue weighted by Gasteiger charge is -2.23. The minimum absolute atomic E-state index is 0.417. The number of likely N-dealkylation sites (tertiary alicyclic amines) is 1. The van der Waals surface area contributed by atoms with Crippen molar-refractivity contribution >= 4 is 6.29 Å². The lowest BCUT2D eigenvalue weighted by molar-refractivity contribution is 0.111. The number of rotatable bonds is 5. The van der Waals surface area contributed by atoms with Crippen LogP contribution >= 0.6 is 0 Å². The van der Waals surface area contributed by atoms with E-state index in [1.165, 1.54) is 25.8 Å². The zero-order chi connectivity index (χ0) is 11.4. The molecule has 16 heavy (non-hydrogen) atoms. The first-order valence-electron chi connectivity index (χ1n) is 5.93. The van der Waals surface area contributed by atoms with Crippen LogP contribution in [0.2, 0.25) is 0 Å². The van der Waals surface area contributed by atoms with Crippen LogP contribution in [0, 0.1) is 0 Å². The molecule has 1 aliphatic heterocycles. The van der Waals surface area contributed by atoms with Gasteiger partial charge in [-0.15, -0.1) is 5.10 Å². The van der Waals surface area contributed by atoms with Gasteiger partial charge in [0.05, 0.1) is 12.7 Å². The number of hydrogen-bond acceptors (Lipinski definition) is 4. The normalized spacial score (nSPS) is 21.4. The second kappa shape index (κ2) is 5.21. The number of hydrogen-bond donors (Lipinski definition) is 0. The molecule has 2 heterocycles. The average Bonchev–Trinajstić information content (AvgIpc) is 2.90. The van der Waals surface area contributed by atoms with Crippen LogP contribution in [-0.2, 0) is 6.54 Å². The summed E-state index contributed by atoms with van der Waals surface area (Å²) in [5.74, 6) is 0. The molecule has 0 N–H and O–H groups in total. The van der Waals surface area contributed by atoms with Gasteiger partial charge in [-0.2, -0.15) is 0 Å². The van der Waals surface area contributed by atoms with Gasteiger partial charge in [0.2, 0.25) is 0 Å². The summed E-state index contributed by atoms with van der Waals surface area (Å²) in [6.45, 7) is 5.39. The van der Waals surface area contributed by atoms with Gasteiger partial charge in [-0.1, -0.05) is 12.1 Å². The van der Waals surface area contributed by atoms with Crippen LogP contribution in [0.3, 0.4) is 0 Å². The van der Waals surface area contributed by atoms with E-state index in [0.29, 0.717) is 11.7 Å². The highest BCUT2D eigenvalue weighted by Crippen LogP contribution is 2.18. The fraction of sp³-hybridized carbons (Fsp3) is 0.727. The van der Waals surface area contributed by atoms with Crippen LogP contribution in [0.5, 0.6) is 0 Å². The molecule has 88 valence electrons. The van der Waals surface area contributed by atoms with Gasteiger partial charge >= 0.3 is 0 Å². The lowest BCUT2D eigenvalue weighted by atomic mass is 10.2. The molecule has 5 heteroatoms. The first-order valence-corrected chi connectivity index (χ1v) is 5.93. The summed E-state index contributed by atoms with van der Waals surface area (Å²) in [6, 6.07) is 0.557. The molecule has 1 aliphatic rings. The summed E-state index contributed by atoms with van der Waals surface area (Å²) in [5.41, 5.74) is 0.417. The van der Waals surface area contributed by atoms with E-state index in [-0.39, 0.29) is 0 Å². The van der Waals surface area contributed by atoms with Gasteiger partial charge in [0.15, 0.2) is 6.29 Å².